The number of ether oxygens (including phenoxy) is 3. The summed E-state index contributed by atoms with van der Waals surface area (Å²) >= 11 is 0. The molecule has 1 heterocycles. The molecule has 0 N–H and O–H groups in total. The van der Waals surface area contributed by atoms with Crippen LogP contribution in [0.3, 0.4) is 0 Å². The van der Waals surface area contributed by atoms with Gasteiger partial charge in [-0.05, 0) is 43.7 Å². The standard InChI is InChI=1S/C23H30N2O4/c1-24(15-18-8-5-6-10-20(18)27-2)16-23(26)25-13-7-9-19(25)17-11-12-21(28-3)22(14-17)29-4/h5-6,8,10-12,14,19H,7,9,13,15-16H2,1-4H3. The first-order chi connectivity index (χ1) is 14.1. The highest BCUT2D eigenvalue weighted by Gasteiger charge is 2.31. The van der Waals surface area contributed by atoms with Crippen molar-refractivity contribution in [1.82, 2.24) is 9.80 Å². The molecule has 0 aromatic heterocycles. The summed E-state index contributed by atoms with van der Waals surface area (Å²) in [7, 11) is 6.89. The van der Waals surface area contributed by atoms with Gasteiger partial charge >= 0.3 is 0 Å². The van der Waals surface area contributed by atoms with E-state index < -0.39 is 0 Å². The van der Waals surface area contributed by atoms with E-state index in [4.69, 9.17) is 14.2 Å². The lowest BCUT2D eigenvalue weighted by molar-refractivity contribution is -0.133. The number of amides is 1. The van der Waals surface area contributed by atoms with Crippen LogP contribution in [0.25, 0.3) is 0 Å². The van der Waals surface area contributed by atoms with Gasteiger partial charge in [-0.1, -0.05) is 24.3 Å². The van der Waals surface area contributed by atoms with Gasteiger partial charge in [0.15, 0.2) is 11.5 Å². The summed E-state index contributed by atoms with van der Waals surface area (Å²) in [6.07, 6.45) is 1.96. The fraction of sp³-hybridized carbons (Fsp3) is 0.435. The molecule has 6 heteroatoms. The Balaban J connectivity index is 1.68. The van der Waals surface area contributed by atoms with Crippen molar-refractivity contribution < 1.29 is 19.0 Å². The van der Waals surface area contributed by atoms with E-state index in [1.54, 1.807) is 21.3 Å². The van der Waals surface area contributed by atoms with Crippen LogP contribution < -0.4 is 14.2 Å². The lowest BCUT2D eigenvalue weighted by atomic mass is 10.0. The molecule has 1 atom stereocenters. The number of para-hydroxylation sites is 1. The first-order valence-electron chi connectivity index (χ1n) is 9.89. The largest absolute Gasteiger partial charge is 0.496 e. The molecule has 0 saturated carbocycles. The highest BCUT2D eigenvalue weighted by atomic mass is 16.5. The summed E-state index contributed by atoms with van der Waals surface area (Å²) in [6, 6.07) is 13.9. The Kier molecular flexibility index (Phi) is 6.99. The molecule has 1 fully saturated rings. The number of nitrogens with zero attached hydrogens (tertiary/aromatic N) is 2. The zero-order valence-electron chi connectivity index (χ0n) is 17.7. The lowest BCUT2D eigenvalue weighted by Gasteiger charge is -2.28. The maximum atomic E-state index is 13.1. The lowest BCUT2D eigenvalue weighted by Crippen LogP contribution is -2.38. The van der Waals surface area contributed by atoms with E-state index in [9.17, 15) is 4.79 Å². The average Bonchev–Trinajstić information content (AvgIpc) is 3.23. The summed E-state index contributed by atoms with van der Waals surface area (Å²) in [4.78, 5) is 17.1. The van der Waals surface area contributed by atoms with Gasteiger partial charge in [0.1, 0.15) is 5.75 Å². The zero-order valence-corrected chi connectivity index (χ0v) is 17.7. The number of benzene rings is 2. The molecule has 2 aromatic rings. The zero-order chi connectivity index (χ0) is 20.8. The Morgan fingerprint density at radius 1 is 1.03 bits per heavy atom. The summed E-state index contributed by atoms with van der Waals surface area (Å²) in [5, 5.41) is 0. The predicted octanol–water partition coefficient (Wildman–Crippen LogP) is 3.51. The molecule has 0 aliphatic carbocycles. The van der Waals surface area contributed by atoms with E-state index >= 15 is 0 Å². The Morgan fingerprint density at radius 2 is 1.76 bits per heavy atom. The topological polar surface area (TPSA) is 51.2 Å². The first-order valence-corrected chi connectivity index (χ1v) is 9.89. The van der Waals surface area contributed by atoms with Gasteiger partial charge in [0.25, 0.3) is 0 Å². The van der Waals surface area contributed by atoms with Crippen molar-refractivity contribution in [3.8, 4) is 17.2 Å². The summed E-state index contributed by atoms with van der Waals surface area (Å²) < 4.78 is 16.2. The maximum Gasteiger partial charge on any atom is 0.237 e. The van der Waals surface area contributed by atoms with Gasteiger partial charge in [-0.3, -0.25) is 9.69 Å². The molecule has 6 nitrogen and oxygen atoms in total. The van der Waals surface area contributed by atoms with Crippen molar-refractivity contribution in [1.29, 1.82) is 0 Å². The molecule has 1 unspecified atom stereocenters. The number of likely N-dealkylation sites (tertiary alicyclic amines) is 1. The molecule has 0 spiro atoms. The number of hydrogen-bond acceptors (Lipinski definition) is 5. The third-order valence-electron chi connectivity index (χ3n) is 5.40. The van der Waals surface area contributed by atoms with Crippen molar-refractivity contribution in [2.75, 3.05) is 41.5 Å². The second-order valence-corrected chi connectivity index (χ2v) is 7.34. The van der Waals surface area contributed by atoms with Crippen molar-refractivity contribution in [3.05, 3.63) is 53.6 Å². The summed E-state index contributed by atoms with van der Waals surface area (Å²) in [6.45, 7) is 1.80. The van der Waals surface area contributed by atoms with Crippen LogP contribution in [-0.4, -0.2) is 57.2 Å². The number of carbonyl (C=O) groups excluding carboxylic acids is 1. The Bertz CT molecular complexity index is 839. The molecule has 1 aliphatic heterocycles. The fourth-order valence-corrected chi connectivity index (χ4v) is 3.97. The van der Waals surface area contributed by atoms with Gasteiger partial charge in [0.05, 0.1) is 33.9 Å². The van der Waals surface area contributed by atoms with E-state index in [1.807, 2.05) is 59.3 Å². The molecule has 2 aromatic carbocycles. The van der Waals surface area contributed by atoms with Gasteiger partial charge < -0.3 is 19.1 Å². The Morgan fingerprint density at radius 3 is 2.48 bits per heavy atom. The van der Waals surface area contributed by atoms with Crippen LogP contribution in [0.4, 0.5) is 0 Å². The van der Waals surface area contributed by atoms with Crippen molar-refractivity contribution in [3.63, 3.8) is 0 Å². The van der Waals surface area contributed by atoms with E-state index in [-0.39, 0.29) is 11.9 Å². The minimum Gasteiger partial charge on any atom is -0.496 e. The maximum absolute atomic E-state index is 13.1. The molecular weight excluding hydrogens is 368 g/mol. The number of carbonyl (C=O) groups is 1. The average molecular weight is 399 g/mol. The summed E-state index contributed by atoms with van der Waals surface area (Å²) in [5.74, 6) is 2.37. The number of hydrogen-bond donors (Lipinski definition) is 0. The molecule has 3 rings (SSSR count). The molecule has 29 heavy (non-hydrogen) atoms. The quantitative estimate of drug-likeness (QED) is 0.681. The van der Waals surface area contributed by atoms with Gasteiger partial charge in [-0.2, -0.15) is 0 Å². The van der Waals surface area contributed by atoms with Crippen LogP contribution in [0, 0.1) is 0 Å². The highest BCUT2D eigenvalue weighted by Crippen LogP contribution is 2.37. The number of likely N-dealkylation sites (N-methyl/N-ethyl adjacent to an activating group) is 1. The smallest absolute Gasteiger partial charge is 0.237 e. The predicted molar refractivity (Wildman–Crippen MR) is 113 cm³/mol. The number of methoxy groups -OCH3 is 3. The second kappa shape index (κ2) is 9.65. The van der Waals surface area contributed by atoms with Crippen LogP contribution in [0.15, 0.2) is 42.5 Å². The molecule has 0 bridgehead atoms. The van der Waals surface area contributed by atoms with E-state index in [0.717, 1.165) is 36.3 Å². The third kappa shape index (κ3) is 4.82. The third-order valence-corrected chi connectivity index (χ3v) is 5.40. The molecular formula is C23H30N2O4. The van der Waals surface area contributed by atoms with E-state index in [2.05, 4.69) is 0 Å². The molecule has 1 amide bonds. The van der Waals surface area contributed by atoms with Gasteiger partial charge in [-0.25, -0.2) is 0 Å². The SMILES string of the molecule is COc1ccccc1CN(C)CC(=O)N1CCCC1c1ccc(OC)c(OC)c1. The van der Waals surface area contributed by atoms with Gasteiger partial charge in [-0.15, -0.1) is 0 Å². The van der Waals surface area contributed by atoms with Crippen LogP contribution in [0.1, 0.15) is 30.0 Å². The molecule has 1 saturated heterocycles. The molecule has 1 aliphatic rings. The van der Waals surface area contributed by atoms with Crippen molar-refractivity contribution >= 4 is 5.91 Å². The first kappa shape index (κ1) is 21.0. The van der Waals surface area contributed by atoms with Crippen molar-refractivity contribution in [2.24, 2.45) is 0 Å². The van der Waals surface area contributed by atoms with Gasteiger partial charge in [0, 0.05) is 18.7 Å². The van der Waals surface area contributed by atoms with Crippen LogP contribution in [-0.2, 0) is 11.3 Å². The molecule has 156 valence electrons. The second-order valence-electron chi connectivity index (χ2n) is 7.34. The molecule has 0 radical (unpaired) electrons. The fourth-order valence-electron chi connectivity index (χ4n) is 3.97. The Labute approximate surface area is 173 Å². The Hall–Kier alpha value is -2.73. The van der Waals surface area contributed by atoms with E-state index in [1.165, 1.54) is 0 Å². The minimum atomic E-state index is 0.0713. The monoisotopic (exact) mass is 398 g/mol. The highest BCUT2D eigenvalue weighted by molar-refractivity contribution is 5.79. The van der Waals surface area contributed by atoms with E-state index in [0.29, 0.717) is 24.6 Å². The minimum absolute atomic E-state index is 0.0713. The summed E-state index contributed by atoms with van der Waals surface area (Å²) in [5.41, 5.74) is 2.16. The van der Waals surface area contributed by atoms with Crippen LogP contribution in [0.5, 0.6) is 17.2 Å². The normalized spacial score (nSPS) is 16.2. The van der Waals surface area contributed by atoms with Crippen molar-refractivity contribution in [2.45, 2.75) is 25.4 Å². The van der Waals surface area contributed by atoms with Gasteiger partial charge in [0.2, 0.25) is 5.91 Å². The number of rotatable bonds is 8. The van der Waals surface area contributed by atoms with Crippen LogP contribution >= 0.6 is 0 Å². The van der Waals surface area contributed by atoms with Crippen LogP contribution in [0.2, 0.25) is 0 Å².